The summed E-state index contributed by atoms with van der Waals surface area (Å²) in [6, 6.07) is 1.14. The Morgan fingerprint density at radius 3 is 2.71 bits per heavy atom. The molecule has 0 spiro atoms. The lowest BCUT2D eigenvalue weighted by Gasteiger charge is -2.15. The molecule has 17 heavy (non-hydrogen) atoms. The van der Waals surface area contributed by atoms with Gasteiger partial charge in [-0.1, -0.05) is 0 Å². The van der Waals surface area contributed by atoms with Crippen molar-refractivity contribution in [1.82, 2.24) is 5.32 Å². The minimum absolute atomic E-state index is 0.0948. The summed E-state index contributed by atoms with van der Waals surface area (Å²) in [6.07, 6.45) is -2.70. The number of aromatic carboxylic acids is 1. The number of alkyl halides is 4. The fourth-order valence-corrected chi connectivity index (χ4v) is 1.09. The zero-order valence-corrected chi connectivity index (χ0v) is 8.42. The molecule has 0 fully saturated rings. The van der Waals surface area contributed by atoms with Gasteiger partial charge < -0.3 is 14.8 Å². The second kappa shape index (κ2) is 5.17. The van der Waals surface area contributed by atoms with Crippen molar-refractivity contribution in [3.05, 3.63) is 23.7 Å². The molecule has 0 aliphatic rings. The monoisotopic (exact) mass is 255 g/mol. The first-order valence-corrected chi connectivity index (χ1v) is 4.51. The SMILES string of the molecule is O=C(O)c1ccoc1CNCC(F)(F)C(F)F. The third-order valence-corrected chi connectivity index (χ3v) is 1.94. The van der Waals surface area contributed by atoms with Crippen LogP contribution in [0.4, 0.5) is 17.6 Å². The number of carboxylic acids is 1. The van der Waals surface area contributed by atoms with Gasteiger partial charge >= 0.3 is 18.3 Å². The molecule has 1 rings (SSSR count). The first-order valence-electron chi connectivity index (χ1n) is 4.51. The van der Waals surface area contributed by atoms with Crippen LogP contribution in [0.1, 0.15) is 16.1 Å². The fourth-order valence-electron chi connectivity index (χ4n) is 1.09. The maximum atomic E-state index is 12.5. The molecule has 0 amide bonds. The quantitative estimate of drug-likeness (QED) is 0.763. The van der Waals surface area contributed by atoms with E-state index in [4.69, 9.17) is 9.52 Å². The van der Waals surface area contributed by atoms with Gasteiger partial charge in [-0.3, -0.25) is 0 Å². The molecule has 2 N–H and O–H groups in total. The van der Waals surface area contributed by atoms with E-state index in [1.807, 2.05) is 5.32 Å². The molecule has 0 saturated carbocycles. The summed E-state index contributed by atoms with van der Waals surface area (Å²) in [5.41, 5.74) is -0.196. The number of nitrogens with one attached hydrogen (secondary N) is 1. The van der Waals surface area contributed by atoms with Gasteiger partial charge in [-0.25, -0.2) is 13.6 Å². The molecule has 1 aromatic heterocycles. The zero-order chi connectivity index (χ0) is 13.1. The standard InChI is InChI=1S/C9H9F4NO3/c10-8(11)9(12,13)4-14-3-6-5(7(15)16)1-2-17-6/h1-2,8,14H,3-4H2,(H,15,16). The van der Waals surface area contributed by atoms with Crippen molar-refractivity contribution in [2.75, 3.05) is 6.54 Å². The van der Waals surface area contributed by atoms with Gasteiger partial charge in [0.2, 0.25) is 0 Å². The molecule has 0 bridgehead atoms. The Bertz CT molecular complexity index is 391. The predicted molar refractivity (Wildman–Crippen MR) is 48.3 cm³/mol. The highest BCUT2D eigenvalue weighted by atomic mass is 19.3. The van der Waals surface area contributed by atoms with Gasteiger partial charge in [0.25, 0.3) is 0 Å². The lowest BCUT2D eigenvalue weighted by molar-refractivity contribution is -0.125. The van der Waals surface area contributed by atoms with E-state index in [2.05, 4.69) is 0 Å². The van der Waals surface area contributed by atoms with Crippen LogP contribution in [-0.4, -0.2) is 30.0 Å². The summed E-state index contributed by atoms with van der Waals surface area (Å²) in [4.78, 5) is 10.6. The van der Waals surface area contributed by atoms with Crippen molar-refractivity contribution in [1.29, 1.82) is 0 Å². The van der Waals surface area contributed by atoms with Crippen LogP contribution in [-0.2, 0) is 6.54 Å². The smallest absolute Gasteiger partial charge is 0.339 e. The average Bonchev–Trinajstić information content (AvgIpc) is 2.65. The van der Waals surface area contributed by atoms with Crippen molar-refractivity contribution in [3.8, 4) is 0 Å². The number of hydrogen-bond donors (Lipinski definition) is 2. The van der Waals surface area contributed by atoms with Crippen LogP contribution in [0, 0.1) is 0 Å². The highest BCUT2D eigenvalue weighted by Gasteiger charge is 2.40. The van der Waals surface area contributed by atoms with E-state index in [0.29, 0.717) is 0 Å². The van der Waals surface area contributed by atoms with Gasteiger partial charge in [-0.05, 0) is 6.07 Å². The molecular formula is C9H9F4NO3. The molecule has 96 valence electrons. The van der Waals surface area contributed by atoms with Gasteiger partial charge in [-0.15, -0.1) is 0 Å². The molecule has 0 aromatic carbocycles. The molecule has 0 aliphatic carbocycles. The summed E-state index contributed by atoms with van der Waals surface area (Å²) >= 11 is 0. The second-order valence-corrected chi connectivity index (χ2v) is 3.23. The van der Waals surface area contributed by atoms with Crippen LogP contribution in [0.2, 0.25) is 0 Å². The van der Waals surface area contributed by atoms with E-state index < -0.39 is 24.9 Å². The molecule has 0 unspecified atom stereocenters. The average molecular weight is 255 g/mol. The number of hydrogen-bond acceptors (Lipinski definition) is 3. The van der Waals surface area contributed by atoms with Crippen molar-refractivity contribution in [3.63, 3.8) is 0 Å². The minimum Gasteiger partial charge on any atom is -0.478 e. The highest BCUT2D eigenvalue weighted by Crippen LogP contribution is 2.21. The number of furan rings is 1. The van der Waals surface area contributed by atoms with Crippen LogP contribution in [0.15, 0.2) is 16.7 Å². The Morgan fingerprint density at radius 2 is 2.18 bits per heavy atom. The molecule has 0 aliphatic heterocycles. The van der Waals surface area contributed by atoms with Crippen LogP contribution >= 0.6 is 0 Å². The highest BCUT2D eigenvalue weighted by molar-refractivity contribution is 5.88. The van der Waals surface area contributed by atoms with Gasteiger partial charge in [0.1, 0.15) is 11.3 Å². The summed E-state index contributed by atoms with van der Waals surface area (Å²) < 4.78 is 53.2. The number of rotatable bonds is 6. The van der Waals surface area contributed by atoms with Gasteiger partial charge in [0, 0.05) is 0 Å². The maximum Gasteiger partial charge on any atom is 0.339 e. The summed E-state index contributed by atoms with van der Waals surface area (Å²) in [5, 5.41) is 10.7. The minimum atomic E-state index is -4.16. The van der Waals surface area contributed by atoms with Crippen LogP contribution in [0.25, 0.3) is 0 Å². The maximum absolute atomic E-state index is 12.5. The van der Waals surface area contributed by atoms with E-state index in [-0.39, 0.29) is 17.9 Å². The zero-order valence-electron chi connectivity index (χ0n) is 8.42. The van der Waals surface area contributed by atoms with Crippen LogP contribution in [0.5, 0.6) is 0 Å². The topological polar surface area (TPSA) is 62.5 Å². The molecule has 0 saturated heterocycles. The molecule has 8 heteroatoms. The summed E-state index contributed by atoms with van der Waals surface area (Å²) in [5.74, 6) is -5.53. The number of carboxylic acid groups (broad SMARTS) is 1. The van der Waals surface area contributed by atoms with E-state index >= 15 is 0 Å². The molecule has 0 radical (unpaired) electrons. The molecule has 4 nitrogen and oxygen atoms in total. The van der Waals surface area contributed by atoms with Crippen molar-refractivity contribution >= 4 is 5.97 Å². The van der Waals surface area contributed by atoms with Crippen molar-refractivity contribution < 1.29 is 31.9 Å². The van der Waals surface area contributed by atoms with Crippen LogP contribution < -0.4 is 5.32 Å². The largest absolute Gasteiger partial charge is 0.478 e. The Kier molecular flexibility index (Phi) is 4.11. The molecule has 0 atom stereocenters. The summed E-state index contributed by atoms with van der Waals surface area (Å²) in [6.45, 7) is -1.62. The van der Waals surface area contributed by atoms with Crippen LogP contribution in [0.3, 0.4) is 0 Å². The van der Waals surface area contributed by atoms with Gasteiger partial charge in [0.15, 0.2) is 0 Å². The normalized spacial score (nSPS) is 12.1. The number of halogens is 4. The molecular weight excluding hydrogens is 246 g/mol. The van der Waals surface area contributed by atoms with E-state index in [1.54, 1.807) is 0 Å². The lowest BCUT2D eigenvalue weighted by atomic mass is 10.2. The Balaban J connectivity index is 2.52. The van der Waals surface area contributed by atoms with Gasteiger partial charge in [0.05, 0.1) is 19.4 Å². The molecule has 1 aromatic rings. The third-order valence-electron chi connectivity index (χ3n) is 1.94. The second-order valence-electron chi connectivity index (χ2n) is 3.23. The van der Waals surface area contributed by atoms with Crippen molar-refractivity contribution in [2.24, 2.45) is 0 Å². The lowest BCUT2D eigenvalue weighted by Crippen LogP contribution is -2.38. The van der Waals surface area contributed by atoms with E-state index in [1.165, 1.54) is 0 Å². The Morgan fingerprint density at radius 1 is 1.53 bits per heavy atom. The first kappa shape index (κ1) is 13.5. The third kappa shape index (κ3) is 3.45. The fraction of sp³-hybridized carbons (Fsp3) is 0.444. The summed E-state index contributed by atoms with van der Waals surface area (Å²) in [7, 11) is 0. The Hall–Kier alpha value is -1.57. The van der Waals surface area contributed by atoms with Gasteiger partial charge in [-0.2, -0.15) is 8.78 Å². The first-order chi connectivity index (χ1) is 7.84. The van der Waals surface area contributed by atoms with E-state index in [0.717, 1.165) is 12.3 Å². The van der Waals surface area contributed by atoms with Crippen molar-refractivity contribution in [2.45, 2.75) is 18.9 Å². The predicted octanol–water partition coefficient (Wildman–Crippen LogP) is 1.97. The van der Waals surface area contributed by atoms with E-state index in [9.17, 15) is 22.4 Å². The number of carbonyl (C=O) groups is 1. The Labute approximate surface area is 93.2 Å². The molecule has 1 heterocycles.